The van der Waals surface area contributed by atoms with Crippen LogP contribution in [0.15, 0.2) is 61.1 Å². The van der Waals surface area contributed by atoms with E-state index in [0.717, 1.165) is 11.1 Å². The second kappa shape index (κ2) is 5.45. The van der Waals surface area contributed by atoms with Gasteiger partial charge in [0.15, 0.2) is 17.1 Å². The number of hydrogen-bond acceptors (Lipinski definition) is 4. The normalized spacial score (nSPS) is 11.5. The van der Waals surface area contributed by atoms with Gasteiger partial charge in [0.2, 0.25) is 0 Å². The Morgan fingerprint density at radius 2 is 1.73 bits per heavy atom. The summed E-state index contributed by atoms with van der Waals surface area (Å²) in [5.74, 6) is 0.0628. The number of rotatable bonds is 2. The summed E-state index contributed by atoms with van der Waals surface area (Å²) in [6.45, 7) is 2.03. The standard InChI is InChI=1S/C19H13FN6/c1-12-6-8-13(9-7-12)26-17-15(10-22-26)19-24-23-18(25(19)11-21-17)14-4-2-3-5-16(14)20/h2-11H,1H3. The van der Waals surface area contributed by atoms with Crippen LogP contribution in [0.5, 0.6) is 0 Å². The Balaban J connectivity index is 1.73. The molecule has 126 valence electrons. The van der Waals surface area contributed by atoms with Crippen molar-refractivity contribution in [2.45, 2.75) is 6.92 Å². The highest BCUT2D eigenvalue weighted by atomic mass is 19.1. The van der Waals surface area contributed by atoms with Crippen molar-refractivity contribution >= 4 is 16.7 Å². The van der Waals surface area contributed by atoms with E-state index in [1.807, 2.05) is 31.2 Å². The van der Waals surface area contributed by atoms with Crippen molar-refractivity contribution in [3.8, 4) is 17.1 Å². The lowest BCUT2D eigenvalue weighted by Crippen LogP contribution is -1.99. The molecule has 5 rings (SSSR count). The van der Waals surface area contributed by atoms with Gasteiger partial charge in [0, 0.05) is 0 Å². The molecule has 0 fully saturated rings. The molecule has 0 amide bonds. The first kappa shape index (κ1) is 14.7. The number of aryl methyl sites for hydroxylation is 1. The smallest absolute Gasteiger partial charge is 0.175 e. The predicted octanol–water partition coefficient (Wildman–Crippen LogP) is 3.58. The van der Waals surface area contributed by atoms with E-state index in [2.05, 4.69) is 20.3 Å². The lowest BCUT2D eigenvalue weighted by atomic mass is 10.2. The molecule has 0 aliphatic rings. The van der Waals surface area contributed by atoms with Gasteiger partial charge in [-0.05, 0) is 31.2 Å². The van der Waals surface area contributed by atoms with Crippen LogP contribution in [0.4, 0.5) is 4.39 Å². The molecule has 0 saturated carbocycles. The molecule has 5 aromatic rings. The molecule has 0 atom stereocenters. The topological polar surface area (TPSA) is 60.9 Å². The second-order valence-corrected chi connectivity index (χ2v) is 6.07. The molecule has 0 saturated heterocycles. The molecule has 26 heavy (non-hydrogen) atoms. The zero-order chi connectivity index (χ0) is 17.7. The first-order chi connectivity index (χ1) is 12.7. The minimum absolute atomic E-state index is 0.350. The Morgan fingerprint density at radius 3 is 2.54 bits per heavy atom. The van der Waals surface area contributed by atoms with Gasteiger partial charge in [0.25, 0.3) is 0 Å². The molecule has 0 bridgehead atoms. The van der Waals surface area contributed by atoms with E-state index in [1.54, 1.807) is 39.8 Å². The first-order valence-corrected chi connectivity index (χ1v) is 8.12. The number of halogens is 1. The zero-order valence-corrected chi connectivity index (χ0v) is 13.8. The van der Waals surface area contributed by atoms with Crippen molar-refractivity contribution in [2.75, 3.05) is 0 Å². The number of hydrogen-bond donors (Lipinski definition) is 0. The highest BCUT2D eigenvalue weighted by Gasteiger charge is 2.17. The van der Waals surface area contributed by atoms with Crippen molar-refractivity contribution in [1.29, 1.82) is 0 Å². The van der Waals surface area contributed by atoms with Crippen molar-refractivity contribution in [3.63, 3.8) is 0 Å². The van der Waals surface area contributed by atoms with Crippen LogP contribution >= 0.6 is 0 Å². The van der Waals surface area contributed by atoms with Crippen LogP contribution < -0.4 is 0 Å². The molecule has 0 aliphatic heterocycles. The molecular weight excluding hydrogens is 331 g/mol. The summed E-state index contributed by atoms with van der Waals surface area (Å²) in [6.07, 6.45) is 3.31. The molecule has 0 radical (unpaired) electrons. The van der Waals surface area contributed by atoms with Crippen LogP contribution in [0, 0.1) is 12.7 Å². The van der Waals surface area contributed by atoms with Crippen molar-refractivity contribution in [3.05, 3.63) is 72.4 Å². The third-order valence-corrected chi connectivity index (χ3v) is 4.37. The molecule has 6 nitrogen and oxygen atoms in total. The fourth-order valence-corrected chi connectivity index (χ4v) is 3.02. The van der Waals surface area contributed by atoms with Gasteiger partial charge in [-0.25, -0.2) is 14.1 Å². The van der Waals surface area contributed by atoms with Gasteiger partial charge in [0.05, 0.1) is 22.8 Å². The Labute approximate surface area is 147 Å². The van der Waals surface area contributed by atoms with Crippen LogP contribution in [0.1, 0.15) is 5.56 Å². The Bertz CT molecular complexity index is 1250. The summed E-state index contributed by atoms with van der Waals surface area (Å²) < 4.78 is 17.6. The quantitative estimate of drug-likeness (QED) is 0.491. The minimum atomic E-state index is -0.350. The van der Waals surface area contributed by atoms with E-state index >= 15 is 0 Å². The number of fused-ring (bicyclic) bond motifs is 3. The highest BCUT2D eigenvalue weighted by molar-refractivity contribution is 5.90. The van der Waals surface area contributed by atoms with Crippen molar-refractivity contribution in [1.82, 2.24) is 29.4 Å². The number of benzene rings is 2. The molecule has 7 heteroatoms. The third-order valence-electron chi connectivity index (χ3n) is 4.37. The molecular formula is C19H13FN6. The Morgan fingerprint density at radius 1 is 0.923 bits per heavy atom. The zero-order valence-electron chi connectivity index (χ0n) is 13.8. The maximum atomic E-state index is 14.1. The molecule has 0 N–H and O–H groups in total. The second-order valence-electron chi connectivity index (χ2n) is 6.07. The van der Waals surface area contributed by atoms with Gasteiger partial charge in [-0.3, -0.25) is 4.40 Å². The first-order valence-electron chi connectivity index (χ1n) is 8.12. The highest BCUT2D eigenvalue weighted by Crippen LogP contribution is 2.25. The van der Waals surface area contributed by atoms with Crippen LogP contribution in [-0.4, -0.2) is 29.4 Å². The molecule has 0 aliphatic carbocycles. The van der Waals surface area contributed by atoms with E-state index < -0.39 is 0 Å². The van der Waals surface area contributed by atoms with Crippen molar-refractivity contribution < 1.29 is 4.39 Å². The van der Waals surface area contributed by atoms with Gasteiger partial charge in [-0.15, -0.1) is 10.2 Å². The van der Waals surface area contributed by atoms with Crippen LogP contribution in [0.3, 0.4) is 0 Å². The van der Waals surface area contributed by atoms with Gasteiger partial charge < -0.3 is 0 Å². The fraction of sp³-hybridized carbons (Fsp3) is 0.0526. The van der Waals surface area contributed by atoms with Gasteiger partial charge in [-0.1, -0.05) is 29.8 Å². The summed E-state index contributed by atoms with van der Waals surface area (Å²) in [4.78, 5) is 4.52. The van der Waals surface area contributed by atoms with E-state index in [1.165, 1.54) is 11.6 Å². The van der Waals surface area contributed by atoms with Crippen molar-refractivity contribution in [2.24, 2.45) is 0 Å². The SMILES string of the molecule is Cc1ccc(-n2ncc3c2ncn2c(-c4ccccc4F)nnc32)cc1. The van der Waals surface area contributed by atoms with Crippen LogP contribution in [0.2, 0.25) is 0 Å². The summed E-state index contributed by atoms with van der Waals surface area (Å²) >= 11 is 0. The average molecular weight is 344 g/mol. The van der Waals surface area contributed by atoms with E-state index in [9.17, 15) is 4.39 Å². The summed E-state index contributed by atoms with van der Waals surface area (Å²) in [6, 6.07) is 14.5. The maximum Gasteiger partial charge on any atom is 0.175 e. The Hall–Kier alpha value is -3.61. The van der Waals surface area contributed by atoms with E-state index in [-0.39, 0.29) is 5.82 Å². The molecule has 0 unspecified atom stereocenters. The van der Waals surface area contributed by atoms with E-state index in [4.69, 9.17) is 0 Å². The van der Waals surface area contributed by atoms with E-state index in [0.29, 0.717) is 22.7 Å². The fourth-order valence-electron chi connectivity index (χ4n) is 3.02. The third kappa shape index (κ3) is 2.10. The van der Waals surface area contributed by atoms with Gasteiger partial charge >= 0.3 is 0 Å². The monoisotopic (exact) mass is 344 g/mol. The predicted molar refractivity (Wildman–Crippen MR) is 95.5 cm³/mol. The Kier molecular flexibility index (Phi) is 3.08. The number of aromatic nitrogens is 6. The lowest BCUT2D eigenvalue weighted by Gasteiger charge is -2.04. The largest absolute Gasteiger partial charge is 0.264 e. The van der Waals surface area contributed by atoms with Crippen LogP contribution in [-0.2, 0) is 0 Å². The average Bonchev–Trinajstić information content (AvgIpc) is 3.26. The minimum Gasteiger partial charge on any atom is -0.264 e. The molecule has 0 spiro atoms. The lowest BCUT2D eigenvalue weighted by molar-refractivity contribution is 0.629. The number of nitrogens with zero attached hydrogens (tertiary/aromatic N) is 6. The summed E-state index contributed by atoms with van der Waals surface area (Å²) in [5.41, 5.74) is 3.73. The van der Waals surface area contributed by atoms with Gasteiger partial charge in [-0.2, -0.15) is 5.10 Å². The summed E-state index contributed by atoms with van der Waals surface area (Å²) in [7, 11) is 0. The van der Waals surface area contributed by atoms with Gasteiger partial charge in [0.1, 0.15) is 12.1 Å². The molecule has 3 heterocycles. The molecule has 3 aromatic heterocycles. The van der Waals surface area contributed by atoms with Crippen LogP contribution in [0.25, 0.3) is 33.8 Å². The maximum absolute atomic E-state index is 14.1. The molecule has 2 aromatic carbocycles. The summed E-state index contributed by atoms with van der Waals surface area (Å²) in [5, 5.41) is 13.6.